The Morgan fingerprint density at radius 3 is 2.33 bits per heavy atom. The van der Waals surface area contributed by atoms with Gasteiger partial charge in [-0.1, -0.05) is 54.6 Å². The number of halogens is 2. The molecule has 1 fully saturated rings. The number of carbonyl (C=O) groups excluding carboxylic acids is 2. The van der Waals surface area contributed by atoms with Crippen LogP contribution in [0.3, 0.4) is 0 Å². The van der Waals surface area contributed by atoms with Crippen LogP contribution < -0.4 is 14.4 Å². The van der Waals surface area contributed by atoms with Crippen LogP contribution in [0, 0.1) is 0 Å². The van der Waals surface area contributed by atoms with Gasteiger partial charge in [0.2, 0.25) is 21.8 Å². The van der Waals surface area contributed by atoms with Crippen LogP contribution in [-0.4, -0.2) is 57.1 Å². The number of amides is 2. The molecular formula is C28H37Cl2N3O5S. The first-order valence-corrected chi connectivity index (χ1v) is 15.8. The molecule has 1 aliphatic rings. The van der Waals surface area contributed by atoms with Gasteiger partial charge in [-0.15, -0.1) is 0 Å². The monoisotopic (exact) mass is 597 g/mol. The number of sulfonamides is 1. The number of rotatable bonds is 12. The Morgan fingerprint density at radius 2 is 1.72 bits per heavy atom. The molecule has 39 heavy (non-hydrogen) atoms. The van der Waals surface area contributed by atoms with Crippen LogP contribution in [0.1, 0.15) is 57.4 Å². The molecule has 0 saturated heterocycles. The zero-order valence-electron chi connectivity index (χ0n) is 22.7. The molecule has 1 atom stereocenters. The van der Waals surface area contributed by atoms with Crippen molar-refractivity contribution in [3.05, 3.63) is 58.1 Å². The molecule has 214 valence electrons. The average molecular weight is 599 g/mol. The molecule has 2 aromatic carbocycles. The van der Waals surface area contributed by atoms with E-state index in [4.69, 9.17) is 27.9 Å². The molecule has 0 aliphatic heterocycles. The van der Waals surface area contributed by atoms with Crippen molar-refractivity contribution in [2.75, 3.05) is 24.2 Å². The fourth-order valence-corrected chi connectivity index (χ4v) is 6.25. The maximum atomic E-state index is 13.5. The van der Waals surface area contributed by atoms with Gasteiger partial charge in [0.1, 0.15) is 11.8 Å². The fraction of sp³-hybridized carbons (Fsp3) is 0.500. The molecule has 8 nitrogen and oxygen atoms in total. The number of benzene rings is 2. The Labute approximate surface area is 241 Å². The smallest absolute Gasteiger partial charge is 0.242 e. The summed E-state index contributed by atoms with van der Waals surface area (Å²) in [5, 5.41) is 3.91. The van der Waals surface area contributed by atoms with Crippen molar-refractivity contribution in [2.45, 2.75) is 70.5 Å². The molecule has 2 amide bonds. The lowest BCUT2D eigenvalue weighted by Crippen LogP contribution is -2.50. The molecule has 0 bridgehead atoms. The number of methoxy groups -OCH3 is 1. The highest BCUT2D eigenvalue weighted by Crippen LogP contribution is 2.28. The SMILES string of the molecule is COc1cccc(N(CCCC(=O)N(Cc2c(Cl)cccc2Cl)[C@@H](C)C(=O)NC2CCCCC2)S(C)(=O)=O)c1. The van der Waals surface area contributed by atoms with Crippen molar-refractivity contribution in [3.8, 4) is 5.75 Å². The molecule has 0 radical (unpaired) electrons. The van der Waals surface area contributed by atoms with E-state index in [1.807, 2.05) is 0 Å². The van der Waals surface area contributed by atoms with Gasteiger partial charge in [0.15, 0.2) is 0 Å². The Kier molecular flexibility index (Phi) is 11.3. The highest BCUT2D eigenvalue weighted by molar-refractivity contribution is 7.92. The van der Waals surface area contributed by atoms with Gasteiger partial charge in [-0.3, -0.25) is 13.9 Å². The van der Waals surface area contributed by atoms with Gasteiger partial charge < -0.3 is 15.0 Å². The van der Waals surface area contributed by atoms with E-state index in [-0.39, 0.29) is 43.8 Å². The number of anilines is 1. The van der Waals surface area contributed by atoms with E-state index in [0.29, 0.717) is 27.0 Å². The summed E-state index contributed by atoms with van der Waals surface area (Å²) in [7, 11) is -2.11. The van der Waals surface area contributed by atoms with Gasteiger partial charge in [0, 0.05) is 47.2 Å². The van der Waals surface area contributed by atoms with Crippen LogP contribution in [0.25, 0.3) is 0 Å². The molecule has 11 heteroatoms. The van der Waals surface area contributed by atoms with E-state index in [2.05, 4.69) is 5.32 Å². The standard InChI is InChI=1S/C28H37Cl2N3O5S/c1-20(28(35)31-21-10-5-4-6-11-21)32(19-24-25(29)14-8-15-26(24)30)27(34)16-9-17-33(39(3,36)37)22-12-7-13-23(18-22)38-2/h7-8,12-15,18,20-21H,4-6,9-11,16-17,19H2,1-3H3,(H,31,35)/t20-/m0/s1. The first kappa shape index (κ1) is 31.0. The van der Waals surface area contributed by atoms with Gasteiger partial charge in [-0.2, -0.15) is 0 Å². The predicted octanol–water partition coefficient (Wildman–Crippen LogP) is 5.41. The summed E-state index contributed by atoms with van der Waals surface area (Å²) in [6, 6.07) is 11.2. The number of nitrogens with zero attached hydrogens (tertiary/aromatic N) is 2. The van der Waals surface area contributed by atoms with Crippen LogP contribution in [0.5, 0.6) is 5.75 Å². The second-order valence-corrected chi connectivity index (χ2v) is 12.6. The molecule has 1 aliphatic carbocycles. The number of nitrogens with one attached hydrogen (secondary N) is 1. The fourth-order valence-electron chi connectivity index (χ4n) is 4.77. The summed E-state index contributed by atoms with van der Waals surface area (Å²) in [6.07, 6.45) is 6.55. The van der Waals surface area contributed by atoms with Gasteiger partial charge >= 0.3 is 0 Å². The predicted molar refractivity (Wildman–Crippen MR) is 156 cm³/mol. The molecule has 0 heterocycles. The summed E-state index contributed by atoms with van der Waals surface area (Å²) in [4.78, 5) is 28.2. The van der Waals surface area contributed by atoms with Gasteiger partial charge in [-0.05, 0) is 50.5 Å². The van der Waals surface area contributed by atoms with Crippen LogP contribution in [0.15, 0.2) is 42.5 Å². The van der Waals surface area contributed by atoms with Crippen LogP contribution in [0.2, 0.25) is 10.0 Å². The molecule has 1 N–H and O–H groups in total. The maximum absolute atomic E-state index is 13.5. The average Bonchev–Trinajstić information content (AvgIpc) is 2.90. The minimum atomic E-state index is -3.61. The van der Waals surface area contributed by atoms with Crippen LogP contribution >= 0.6 is 23.2 Å². The van der Waals surface area contributed by atoms with Gasteiger partial charge in [0.05, 0.1) is 19.1 Å². The Morgan fingerprint density at radius 1 is 1.08 bits per heavy atom. The number of ether oxygens (including phenoxy) is 1. The van der Waals surface area contributed by atoms with Crippen molar-refractivity contribution >= 4 is 50.7 Å². The molecule has 3 rings (SSSR count). The molecule has 0 spiro atoms. The highest BCUT2D eigenvalue weighted by Gasteiger charge is 2.29. The molecular weight excluding hydrogens is 561 g/mol. The van der Waals surface area contributed by atoms with Crippen molar-refractivity contribution in [1.29, 1.82) is 0 Å². The second-order valence-electron chi connectivity index (χ2n) is 9.88. The second kappa shape index (κ2) is 14.2. The van der Waals surface area contributed by atoms with E-state index in [1.54, 1.807) is 49.4 Å². The molecule has 1 saturated carbocycles. The van der Waals surface area contributed by atoms with Crippen LogP contribution in [0.4, 0.5) is 5.69 Å². The third-order valence-electron chi connectivity index (χ3n) is 7.00. The van der Waals surface area contributed by atoms with Gasteiger partial charge in [-0.25, -0.2) is 8.42 Å². The summed E-state index contributed by atoms with van der Waals surface area (Å²) in [5.41, 5.74) is 1.00. The van der Waals surface area contributed by atoms with Crippen molar-refractivity contribution in [3.63, 3.8) is 0 Å². The first-order valence-electron chi connectivity index (χ1n) is 13.2. The Hall–Kier alpha value is -2.49. The number of hydrogen-bond acceptors (Lipinski definition) is 5. The van der Waals surface area contributed by atoms with Crippen molar-refractivity contribution in [1.82, 2.24) is 10.2 Å². The topological polar surface area (TPSA) is 96.0 Å². The third-order valence-corrected chi connectivity index (χ3v) is 8.90. The van der Waals surface area contributed by atoms with Gasteiger partial charge in [0.25, 0.3) is 0 Å². The molecule has 0 aromatic heterocycles. The summed E-state index contributed by atoms with van der Waals surface area (Å²) < 4.78 is 31.6. The number of carbonyl (C=O) groups is 2. The lowest BCUT2D eigenvalue weighted by Gasteiger charge is -2.32. The quantitative estimate of drug-likeness (QED) is 0.352. The zero-order valence-corrected chi connectivity index (χ0v) is 25.0. The summed E-state index contributed by atoms with van der Waals surface area (Å²) >= 11 is 12.8. The molecule has 0 unspecified atom stereocenters. The highest BCUT2D eigenvalue weighted by atomic mass is 35.5. The van der Waals surface area contributed by atoms with E-state index in [9.17, 15) is 18.0 Å². The minimum Gasteiger partial charge on any atom is -0.497 e. The Balaban J connectivity index is 1.76. The first-order chi connectivity index (χ1) is 18.5. The molecule has 2 aromatic rings. The Bertz CT molecular complexity index is 1230. The van der Waals surface area contributed by atoms with Crippen molar-refractivity contribution < 1.29 is 22.7 Å². The van der Waals surface area contributed by atoms with Crippen LogP contribution in [-0.2, 0) is 26.2 Å². The lowest BCUT2D eigenvalue weighted by atomic mass is 9.95. The van der Waals surface area contributed by atoms with E-state index in [0.717, 1.165) is 38.4 Å². The van der Waals surface area contributed by atoms with E-state index < -0.39 is 16.1 Å². The maximum Gasteiger partial charge on any atom is 0.242 e. The lowest BCUT2D eigenvalue weighted by molar-refractivity contribution is -0.141. The van der Waals surface area contributed by atoms with Crippen molar-refractivity contribution in [2.24, 2.45) is 0 Å². The third kappa shape index (κ3) is 8.75. The zero-order chi connectivity index (χ0) is 28.6. The van der Waals surface area contributed by atoms with E-state index in [1.165, 1.54) is 16.3 Å². The number of hydrogen-bond donors (Lipinski definition) is 1. The largest absolute Gasteiger partial charge is 0.497 e. The van der Waals surface area contributed by atoms with E-state index >= 15 is 0 Å². The normalized spacial score (nSPS) is 14.9. The summed E-state index contributed by atoms with van der Waals surface area (Å²) in [5.74, 6) is 0.00164. The minimum absolute atomic E-state index is 0.0269. The summed E-state index contributed by atoms with van der Waals surface area (Å²) in [6.45, 7) is 1.84.